The van der Waals surface area contributed by atoms with Gasteiger partial charge < -0.3 is 5.32 Å². The normalized spacial score (nSPS) is 17.1. The van der Waals surface area contributed by atoms with Gasteiger partial charge in [-0.25, -0.2) is 0 Å². The van der Waals surface area contributed by atoms with Crippen LogP contribution in [0, 0.1) is 0 Å². The summed E-state index contributed by atoms with van der Waals surface area (Å²) >= 11 is 1.68. The lowest BCUT2D eigenvalue weighted by Crippen LogP contribution is -2.30. The van der Waals surface area contributed by atoms with Crippen LogP contribution in [0.1, 0.15) is 40.4 Å². The van der Waals surface area contributed by atoms with Gasteiger partial charge >= 0.3 is 0 Å². The van der Waals surface area contributed by atoms with Gasteiger partial charge in [0.05, 0.1) is 6.04 Å². The van der Waals surface area contributed by atoms with E-state index in [1.54, 1.807) is 11.8 Å². The summed E-state index contributed by atoms with van der Waals surface area (Å²) in [7, 11) is 0. The van der Waals surface area contributed by atoms with Crippen LogP contribution in [0.2, 0.25) is 0 Å². The van der Waals surface area contributed by atoms with Gasteiger partial charge in [-0.05, 0) is 60.9 Å². The molecule has 2 aromatic rings. The number of carbonyl (C=O) groups is 1. The van der Waals surface area contributed by atoms with Crippen LogP contribution in [0.3, 0.4) is 0 Å². The van der Waals surface area contributed by atoms with E-state index >= 15 is 0 Å². The molecule has 0 bridgehead atoms. The molecule has 0 unspecified atom stereocenters. The molecule has 0 saturated heterocycles. The maximum atomic E-state index is 12.4. The zero-order valence-corrected chi connectivity index (χ0v) is 13.0. The summed E-state index contributed by atoms with van der Waals surface area (Å²) < 4.78 is 0. The number of benzene rings is 2. The van der Waals surface area contributed by atoms with Crippen LogP contribution in [0.15, 0.2) is 53.4 Å². The Labute approximate surface area is 130 Å². The highest BCUT2D eigenvalue weighted by Crippen LogP contribution is 2.29. The second-order valence-electron chi connectivity index (χ2n) is 5.35. The van der Waals surface area contributed by atoms with Gasteiger partial charge in [-0.2, -0.15) is 0 Å². The Morgan fingerprint density at radius 3 is 2.67 bits per heavy atom. The molecule has 1 aliphatic carbocycles. The van der Waals surface area contributed by atoms with Gasteiger partial charge in [-0.1, -0.05) is 24.3 Å². The molecule has 3 heteroatoms. The zero-order valence-electron chi connectivity index (χ0n) is 12.1. The van der Waals surface area contributed by atoms with Gasteiger partial charge in [0.25, 0.3) is 5.91 Å². The Hall–Kier alpha value is -1.74. The van der Waals surface area contributed by atoms with Crippen LogP contribution in [-0.4, -0.2) is 12.2 Å². The highest BCUT2D eigenvalue weighted by molar-refractivity contribution is 7.98. The van der Waals surface area contributed by atoms with E-state index < -0.39 is 0 Å². The summed E-state index contributed by atoms with van der Waals surface area (Å²) in [5, 5.41) is 3.18. The quantitative estimate of drug-likeness (QED) is 0.860. The van der Waals surface area contributed by atoms with E-state index in [0.717, 1.165) is 24.8 Å². The number of nitrogens with one attached hydrogen (secondary N) is 1. The molecular weight excluding hydrogens is 278 g/mol. The Balaban J connectivity index is 1.76. The van der Waals surface area contributed by atoms with Crippen LogP contribution in [0.5, 0.6) is 0 Å². The monoisotopic (exact) mass is 297 g/mol. The molecule has 2 nitrogen and oxygen atoms in total. The lowest BCUT2D eigenvalue weighted by molar-refractivity contribution is 0.0932. The Kier molecular flexibility index (Phi) is 4.30. The third-order valence-electron chi connectivity index (χ3n) is 4.03. The summed E-state index contributed by atoms with van der Waals surface area (Å²) in [6, 6.07) is 16.4. The molecule has 0 saturated carbocycles. The van der Waals surface area contributed by atoms with E-state index in [1.807, 2.05) is 30.5 Å². The number of carbonyl (C=O) groups excluding carboxylic acids is 1. The van der Waals surface area contributed by atoms with Crippen LogP contribution in [0.25, 0.3) is 0 Å². The van der Waals surface area contributed by atoms with Crippen LogP contribution in [0.4, 0.5) is 0 Å². The number of thioether (sulfide) groups is 1. The van der Waals surface area contributed by atoms with E-state index in [-0.39, 0.29) is 11.9 Å². The predicted molar refractivity (Wildman–Crippen MR) is 87.8 cm³/mol. The topological polar surface area (TPSA) is 29.1 Å². The number of hydrogen-bond acceptors (Lipinski definition) is 2. The molecule has 1 N–H and O–H groups in total. The molecule has 0 spiro atoms. The molecule has 3 rings (SSSR count). The van der Waals surface area contributed by atoms with Crippen molar-refractivity contribution in [2.75, 3.05) is 6.26 Å². The molecule has 0 fully saturated rings. The highest BCUT2D eigenvalue weighted by atomic mass is 32.2. The number of rotatable bonds is 3. The van der Waals surface area contributed by atoms with E-state index in [9.17, 15) is 4.79 Å². The summed E-state index contributed by atoms with van der Waals surface area (Å²) in [5.41, 5.74) is 3.38. The van der Waals surface area contributed by atoms with Crippen molar-refractivity contribution in [3.63, 3.8) is 0 Å². The second-order valence-corrected chi connectivity index (χ2v) is 6.23. The van der Waals surface area contributed by atoms with E-state index in [2.05, 4.69) is 29.6 Å². The zero-order chi connectivity index (χ0) is 14.7. The molecule has 0 aliphatic heterocycles. The van der Waals surface area contributed by atoms with Gasteiger partial charge in [-0.15, -0.1) is 11.8 Å². The fraction of sp³-hybridized carbons (Fsp3) is 0.278. The van der Waals surface area contributed by atoms with E-state index in [4.69, 9.17) is 0 Å². The molecule has 0 aromatic heterocycles. The van der Waals surface area contributed by atoms with Gasteiger partial charge in [0.15, 0.2) is 0 Å². The fourth-order valence-electron chi connectivity index (χ4n) is 2.89. The van der Waals surface area contributed by atoms with E-state index in [1.165, 1.54) is 16.0 Å². The molecule has 1 amide bonds. The Morgan fingerprint density at radius 1 is 1.14 bits per heavy atom. The molecule has 108 valence electrons. The third kappa shape index (κ3) is 3.13. The van der Waals surface area contributed by atoms with Crippen molar-refractivity contribution in [1.82, 2.24) is 5.32 Å². The lowest BCUT2D eigenvalue weighted by atomic mass is 9.87. The van der Waals surface area contributed by atoms with Crippen LogP contribution in [-0.2, 0) is 6.42 Å². The van der Waals surface area contributed by atoms with Gasteiger partial charge in [0.2, 0.25) is 0 Å². The van der Waals surface area contributed by atoms with Crippen molar-refractivity contribution in [3.05, 3.63) is 65.2 Å². The number of aryl methyl sites for hydroxylation is 1. The SMILES string of the molecule is CSc1ccc(C(=O)N[C@H]2CCCc3ccccc32)cc1. The molecule has 2 aromatic carbocycles. The highest BCUT2D eigenvalue weighted by Gasteiger charge is 2.21. The van der Waals surface area contributed by atoms with Gasteiger partial charge in [0.1, 0.15) is 0 Å². The Bertz CT molecular complexity index is 636. The summed E-state index contributed by atoms with van der Waals surface area (Å²) in [4.78, 5) is 13.6. The van der Waals surface area contributed by atoms with Crippen molar-refractivity contribution >= 4 is 17.7 Å². The van der Waals surface area contributed by atoms with Crippen LogP contribution >= 0.6 is 11.8 Å². The molecular formula is C18H19NOS. The lowest BCUT2D eigenvalue weighted by Gasteiger charge is -2.26. The first-order chi connectivity index (χ1) is 10.3. The summed E-state index contributed by atoms with van der Waals surface area (Å²) in [6.45, 7) is 0. The maximum absolute atomic E-state index is 12.4. The average molecular weight is 297 g/mol. The summed E-state index contributed by atoms with van der Waals surface area (Å²) in [6.07, 6.45) is 5.30. The molecule has 0 radical (unpaired) electrons. The first kappa shape index (κ1) is 14.2. The van der Waals surface area contributed by atoms with Crippen molar-refractivity contribution in [3.8, 4) is 0 Å². The Morgan fingerprint density at radius 2 is 1.90 bits per heavy atom. The second kappa shape index (κ2) is 6.35. The van der Waals surface area contributed by atoms with Crippen molar-refractivity contribution < 1.29 is 4.79 Å². The van der Waals surface area contributed by atoms with Crippen molar-refractivity contribution in [2.24, 2.45) is 0 Å². The molecule has 0 heterocycles. The summed E-state index contributed by atoms with van der Waals surface area (Å²) in [5.74, 6) is 0.0179. The maximum Gasteiger partial charge on any atom is 0.251 e. The first-order valence-electron chi connectivity index (χ1n) is 7.30. The van der Waals surface area contributed by atoms with Crippen molar-refractivity contribution in [2.45, 2.75) is 30.2 Å². The average Bonchev–Trinajstić information content (AvgIpc) is 2.55. The van der Waals surface area contributed by atoms with E-state index in [0.29, 0.717) is 0 Å². The minimum atomic E-state index is 0.0179. The molecule has 1 aliphatic rings. The number of amides is 1. The smallest absolute Gasteiger partial charge is 0.251 e. The standard InChI is InChI=1S/C18H19NOS/c1-21-15-11-9-14(10-12-15)18(20)19-17-8-4-6-13-5-2-3-7-16(13)17/h2-3,5,7,9-12,17H,4,6,8H2,1H3,(H,19,20)/t17-/m0/s1. The van der Waals surface area contributed by atoms with Gasteiger partial charge in [-0.3, -0.25) is 4.79 Å². The molecule has 21 heavy (non-hydrogen) atoms. The van der Waals surface area contributed by atoms with Gasteiger partial charge in [0, 0.05) is 10.5 Å². The first-order valence-corrected chi connectivity index (χ1v) is 8.53. The van der Waals surface area contributed by atoms with Crippen LogP contribution < -0.4 is 5.32 Å². The third-order valence-corrected chi connectivity index (χ3v) is 4.77. The predicted octanol–water partition coefficient (Wildman–Crippen LogP) is 4.22. The molecule has 1 atom stereocenters. The fourth-order valence-corrected chi connectivity index (χ4v) is 3.30. The van der Waals surface area contributed by atoms with Crippen molar-refractivity contribution in [1.29, 1.82) is 0 Å². The minimum Gasteiger partial charge on any atom is -0.345 e. The largest absolute Gasteiger partial charge is 0.345 e. The minimum absolute atomic E-state index is 0.0179. The number of hydrogen-bond donors (Lipinski definition) is 1. The number of fused-ring (bicyclic) bond motifs is 1.